The molecular weight excluding hydrogens is 792 g/mol. The molecule has 324 valence electrons. The lowest BCUT2D eigenvalue weighted by Gasteiger charge is -2.35. The van der Waals surface area contributed by atoms with E-state index in [2.05, 4.69) is 9.71 Å². The molecule has 3 heterocycles. The zero-order valence-electron chi connectivity index (χ0n) is 34.8. The highest BCUT2D eigenvalue weighted by Gasteiger charge is 2.63. The number of benzene rings is 1. The van der Waals surface area contributed by atoms with Crippen molar-refractivity contribution in [3.8, 4) is 11.6 Å². The first-order valence-corrected chi connectivity index (χ1v) is 22.0. The number of fused-ring (bicyclic) bond motifs is 3. The summed E-state index contributed by atoms with van der Waals surface area (Å²) in [5.74, 6) is -8.67. The molecule has 4 aliphatic rings. The van der Waals surface area contributed by atoms with Gasteiger partial charge in [0.05, 0.1) is 42.2 Å². The Morgan fingerprint density at radius 2 is 1.83 bits per heavy atom. The van der Waals surface area contributed by atoms with Gasteiger partial charge in [0.2, 0.25) is 27.7 Å². The molecule has 1 N–H and O–H groups in total. The number of hydrogen-bond donors (Lipinski definition) is 1. The zero-order chi connectivity index (χ0) is 43.3. The van der Waals surface area contributed by atoms with Crippen molar-refractivity contribution in [2.24, 2.45) is 29.1 Å². The molecule has 16 heteroatoms. The van der Waals surface area contributed by atoms with Crippen LogP contribution in [0.25, 0.3) is 10.8 Å². The van der Waals surface area contributed by atoms with Crippen LogP contribution in [-0.2, 0) is 33.9 Å². The summed E-state index contributed by atoms with van der Waals surface area (Å²) < 4.78 is 88.4. The van der Waals surface area contributed by atoms with Gasteiger partial charge in [-0.3, -0.25) is 23.9 Å². The topological polar surface area (TPSA) is 158 Å². The largest absolute Gasteiger partial charge is 0.494 e. The first kappa shape index (κ1) is 44.3. The molecule has 2 saturated carbocycles. The number of pyridine rings is 1. The highest BCUT2D eigenvalue weighted by atomic mass is 32.2. The second kappa shape index (κ2) is 16.3. The highest BCUT2D eigenvalue weighted by Crippen LogP contribution is 2.58. The van der Waals surface area contributed by atoms with Gasteiger partial charge in [0.25, 0.3) is 5.92 Å². The Balaban J connectivity index is 1.38. The number of halogens is 3. The molecule has 2 amide bonds. The van der Waals surface area contributed by atoms with E-state index >= 15 is 4.79 Å². The summed E-state index contributed by atoms with van der Waals surface area (Å²) >= 11 is 0. The number of ether oxygens (including phenoxy) is 3. The number of ketones is 1. The third-order valence-corrected chi connectivity index (χ3v) is 15.4. The van der Waals surface area contributed by atoms with E-state index < -0.39 is 97.4 Å². The smallest absolute Gasteiger partial charge is 0.307 e. The molecule has 59 heavy (non-hydrogen) atoms. The minimum Gasteiger partial charge on any atom is -0.494 e. The van der Waals surface area contributed by atoms with Gasteiger partial charge in [0, 0.05) is 31.3 Å². The lowest BCUT2D eigenvalue weighted by Crippen LogP contribution is -2.49. The van der Waals surface area contributed by atoms with Gasteiger partial charge in [0.15, 0.2) is 23.0 Å². The summed E-state index contributed by atoms with van der Waals surface area (Å²) in [7, 11) is -2.69. The third kappa shape index (κ3) is 9.12. The number of alkyl halides is 2. The Bertz CT molecular complexity index is 2120. The lowest BCUT2D eigenvalue weighted by atomic mass is 9.79. The van der Waals surface area contributed by atoms with Crippen molar-refractivity contribution >= 4 is 44.4 Å². The van der Waals surface area contributed by atoms with E-state index in [4.69, 9.17) is 14.2 Å². The predicted octanol–water partition coefficient (Wildman–Crippen LogP) is 7.08. The Kier molecular flexibility index (Phi) is 12.3. The van der Waals surface area contributed by atoms with Gasteiger partial charge >= 0.3 is 5.97 Å². The fourth-order valence-corrected chi connectivity index (χ4v) is 9.83. The second-order valence-electron chi connectivity index (χ2n) is 18.0. The molecule has 2 aliphatic carbocycles. The number of esters is 1. The Labute approximate surface area is 344 Å². The average Bonchev–Trinajstić information content (AvgIpc) is 4.03. The molecule has 0 unspecified atom stereocenters. The maximum atomic E-state index is 15.0. The molecule has 12 nitrogen and oxygen atoms in total. The van der Waals surface area contributed by atoms with Crippen LogP contribution in [0.1, 0.15) is 106 Å². The van der Waals surface area contributed by atoms with E-state index in [0.717, 1.165) is 13.8 Å². The Morgan fingerprint density at radius 1 is 1.12 bits per heavy atom. The first-order valence-electron chi connectivity index (χ1n) is 20.5. The van der Waals surface area contributed by atoms with Crippen molar-refractivity contribution in [1.82, 2.24) is 14.6 Å². The van der Waals surface area contributed by atoms with Gasteiger partial charge in [-0.2, -0.15) is 0 Å². The van der Waals surface area contributed by atoms with E-state index in [1.165, 1.54) is 30.3 Å². The fourth-order valence-electron chi connectivity index (χ4n) is 8.49. The van der Waals surface area contributed by atoms with E-state index in [-0.39, 0.29) is 43.4 Å². The van der Waals surface area contributed by atoms with Crippen molar-refractivity contribution in [3.63, 3.8) is 0 Å². The normalized spacial score (nSPS) is 29.4. The number of carbonyl (C=O) groups is 4. The molecule has 6 rings (SSSR count). The number of rotatable bonds is 11. The second-order valence-corrected chi connectivity index (χ2v) is 20.2. The van der Waals surface area contributed by atoms with Crippen molar-refractivity contribution in [2.45, 2.75) is 134 Å². The minimum atomic E-state index is -4.03. The molecule has 1 aromatic heterocycles. The van der Waals surface area contributed by atoms with E-state index in [1.807, 2.05) is 26.0 Å². The van der Waals surface area contributed by atoms with Crippen molar-refractivity contribution in [1.29, 1.82) is 0 Å². The number of carbonyl (C=O) groups excluding carboxylic acids is 4. The first-order chi connectivity index (χ1) is 27.5. The molecule has 1 aromatic carbocycles. The number of methoxy groups -OCH3 is 1. The zero-order valence-corrected chi connectivity index (χ0v) is 35.6. The molecule has 1 saturated heterocycles. The summed E-state index contributed by atoms with van der Waals surface area (Å²) in [4.78, 5) is 62.9. The van der Waals surface area contributed by atoms with Gasteiger partial charge in [-0.1, -0.05) is 32.4 Å². The monoisotopic (exact) mass is 847 g/mol. The number of sulfonamides is 1. The van der Waals surface area contributed by atoms with Gasteiger partial charge in [-0.25, -0.2) is 26.6 Å². The van der Waals surface area contributed by atoms with Crippen molar-refractivity contribution < 1.29 is 55.0 Å². The van der Waals surface area contributed by atoms with E-state index in [0.29, 0.717) is 56.2 Å². The number of nitrogens with one attached hydrogen (secondary N) is 1. The number of allylic oxidation sites excluding steroid dienone is 2. The van der Waals surface area contributed by atoms with Gasteiger partial charge in [0.1, 0.15) is 6.10 Å². The summed E-state index contributed by atoms with van der Waals surface area (Å²) in [5, 5.41) is 0.876. The molecule has 3 fully saturated rings. The number of hydrogen-bond acceptors (Lipinski definition) is 10. The number of Topliss-reactive ketones (excluding diaryl/α,β-unsaturated/α-hetero) is 1. The summed E-state index contributed by atoms with van der Waals surface area (Å²) in [5.41, 5.74) is -3.56. The third-order valence-electron chi connectivity index (χ3n) is 13.2. The predicted molar refractivity (Wildman–Crippen MR) is 212 cm³/mol. The maximum Gasteiger partial charge on any atom is 0.307 e. The molecule has 0 bridgehead atoms. The van der Waals surface area contributed by atoms with Gasteiger partial charge in [-0.15, -0.1) is 0 Å². The van der Waals surface area contributed by atoms with Crippen LogP contribution in [0.15, 0.2) is 36.5 Å². The van der Waals surface area contributed by atoms with Crippen LogP contribution in [0, 0.1) is 34.9 Å². The van der Waals surface area contributed by atoms with Crippen LogP contribution in [-0.4, -0.2) is 83.9 Å². The van der Waals surface area contributed by atoms with Crippen molar-refractivity contribution in [3.05, 3.63) is 42.4 Å². The summed E-state index contributed by atoms with van der Waals surface area (Å²) in [6.45, 7) is 8.16. The molecular formula is C43H56F3N3O9S. The molecule has 0 radical (unpaired) electrons. The van der Waals surface area contributed by atoms with Crippen LogP contribution in [0.2, 0.25) is 0 Å². The Hall–Kier alpha value is -4.21. The highest BCUT2D eigenvalue weighted by molar-refractivity contribution is 7.91. The van der Waals surface area contributed by atoms with Crippen molar-refractivity contribution in [2.75, 3.05) is 13.7 Å². The van der Waals surface area contributed by atoms with Crippen LogP contribution in [0.3, 0.4) is 0 Å². The maximum absolute atomic E-state index is 15.0. The summed E-state index contributed by atoms with van der Waals surface area (Å²) in [6.07, 6.45) is 6.75. The quantitative estimate of drug-likeness (QED) is 0.183. The van der Waals surface area contributed by atoms with E-state index in [1.54, 1.807) is 13.0 Å². The molecule has 2 aliphatic heterocycles. The van der Waals surface area contributed by atoms with E-state index in [9.17, 15) is 36.0 Å². The van der Waals surface area contributed by atoms with Crippen LogP contribution < -0.4 is 14.2 Å². The van der Waals surface area contributed by atoms with Gasteiger partial charge < -0.3 is 19.1 Å². The molecule has 7 atom stereocenters. The van der Waals surface area contributed by atoms with Crippen LogP contribution >= 0.6 is 0 Å². The number of aromatic nitrogens is 1. The van der Waals surface area contributed by atoms with Crippen LogP contribution in [0.5, 0.6) is 11.6 Å². The lowest BCUT2D eigenvalue weighted by molar-refractivity contribution is -0.197. The standard InChI is InChI=1S/C43H56F3N3O9S/c1-8-26-17-25(2)11-9-10-12-28-22-43(28,39(53)48-59(54,55)41(5)14-15-41)23-34(50)33-19-29(57-37-30-20-32(44)35(56-7)18-27(30)13-16-47-37)24-49(33)38(52)31(26)21-36(51)58-40(3,4)42(6,45)46/h10,12-13,16,18,20,25-26,28-29,31,33H,8-9,11,14-15,17,19,21-24H2,1-7H3,(H,48,53)/b12-10-/t25-,26+,28+,29+,31-,33-,43+/m0/s1. The van der Waals surface area contributed by atoms with Crippen LogP contribution in [0.4, 0.5) is 13.2 Å². The minimum absolute atomic E-state index is 0.0123. The Morgan fingerprint density at radius 3 is 2.47 bits per heavy atom. The number of nitrogens with zero attached hydrogens (tertiary/aromatic N) is 2. The molecule has 0 spiro atoms. The molecule has 2 aromatic rings. The fraction of sp³-hybridized carbons (Fsp3) is 0.651. The summed E-state index contributed by atoms with van der Waals surface area (Å²) in [6, 6.07) is 3.18. The average molecular weight is 848 g/mol. The number of amides is 2. The van der Waals surface area contributed by atoms with Gasteiger partial charge in [-0.05, 0) is 101 Å². The SMILES string of the molecule is CC[C@@H]1C[C@@H](C)CC/C=C\[C@@H]2C[C@@]2(C(=O)NS(=O)(=O)C2(C)CC2)CC(=O)[C@@H]2C[C@@H](Oc3nccc4cc(OC)c(F)cc34)CN2C(=O)[C@H]1CC(=O)OC(C)(C)C(C)(F)F.